The highest BCUT2D eigenvalue weighted by atomic mass is 15.1. The van der Waals surface area contributed by atoms with Crippen LogP contribution in [0.25, 0.3) is 10.4 Å². The Morgan fingerprint density at radius 2 is 1.69 bits per heavy atom. The highest BCUT2D eigenvalue weighted by molar-refractivity contribution is 5.21. The first kappa shape index (κ1) is 10.8. The molecule has 0 aromatic heterocycles. The summed E-state index contributed by atoms with van der Waals surface area (Å²) >= 11 is 0. The van der Waals surface area contributed by atoms with Crippen molar-refractivity contribution >= 4 is 0 Å². The summed E-state index contributed by atoms with van der Waals surface area (Å²) in [6, 6.07) is 0.0578. The van der Waals surface area contributed by atoms with E-state index in [0.717, 1.165) is 12.8 Å². The number of nitrogens with zero attached hydrogens (tertiary/aromatic N) is 3. The van der Waals surface area contributed by atoms with Crippen molar-refractivity contribution in [1.82, 2.24) is 0 Å². The lowest BCUT2D eigenvalue weighted by Crippen LogP contribution is -2.14. The molecule has 0 N–H and O–H groups in total. The normalized spacial score (nSPS) is 20.5. The molecule has 0 aromatic carbocycles. The minimum absolute atomic E-state index is 0.0578. The number of azide groups is 1. The maximum atomic E-state index is 8.57. The molecule has 82 valence electrons. The van der Waals surface area contributed by atoms with Crippen molar-refractivity contribution in [3.05, 3.63) is 59.1 Å². The third-order valence-corrected chi connectivity index (χ3v) is 3.05. The lowest BCUT2D eigenvalue weighted by molar-refractivity contribution is 0.500. The van der Waals surface area contributed by atoms with Gasteiger partial charge >= 0.3 is 0 Å². The van der Waals surface area contributed by atoms with Gasteiger partial charge in [-0.05, 0) is 24.3 Å². The van der Waals surface area contributed by atoms with E-state index in [-0.39, 0.29) is 12.0 Å². The van der Waals surface area contributed by atoms with E-state index in [1.54, 1.807) is 0 Å². The van der Waals surface area contributed by atoms with Crippen molar-refractivity contribution in [2.75, 3.05) is 0 Å². The van der Waals surface area contributed by atoms with Crippen molar-refractivity contribution in [1.29, 1.82) is 0 Å². The second-order valence-electron chi connectivity index (χ2n) is 4.13. The molecule has 0 spiro atoms. The van der Waals surface area contributed by atoms with Crippen molar-refractivity contribution < 1.29 is 0 Å². The van der Waals surface area contributed by atoms with E-state index in [1.165, 1.54) is 0 Å². The zero-order valence-electron chi connectivity index (χ0n) is 9.11. The van der Waals surface area contributed by atoms with Gasteiger partial charge in [-0.25, -0.2) is 0 Å². The second kappa shape index (κ2) is 5.38. The minimum Gasteiger partial charge on any atom is -0.0897 e. The third kappa shape index (κ3) is 2.65. The molecule has 3 nitrogen and oxygen atoms in total. The fourth-order valence-electron chi connectivity index (χ4n) is 2.13. The molecule has 2 rings (SSSR count). The predicted octanol–water partition coefficient (Wildman–Crippen LogP) is 3.93. The zero-order chi connectivity index (χ0) is 11.2. The summed E-state index contributed by atoms with van der Waals surface area (Å²) < 4.78 is 0. The molecule has 0 aliphatic heterocycles. The molecular weight excluding hydrogens is 198 g/mol. The van der Waals surface area contributed by atoms with Crippen LogP contribution in [0, 0.1) is 11.8 Å². The Morgan fingerprint density at radius 3 is 2.31 bits per heavy atom. The maximum absolute atomic E-state index is 8.57. The van der Waals surface area contributed by atoms with E-state index in [9.17, 15) is 0 Å². The van der Waals surface area contributed by atoms with Crippen LogP contribution >= 0.6 is 0 Å². The Labute approximate surface area is 95.5 Å². The Bertz CT molecular complexity index is 373. The van der Waals surface area contributed by atoms with Crippen molar-refractivity contribution in [2.24, 2.45) is 17.0 Å². The highest BCUT2D eigenvalue weighted by Crippen LogP contribution is 2.24. The van der Waals surface area contributed by atoms with Gasteiger partial charge in [0.25, 0.3) is 0 Å². The first-order valence-electron chi connectivity index (χ1n) is 5.64. The molecule has 1 atom stereocenters. The summed E-state index contributed by atoms with van der Waals surface area (Å²) in [4.78, 5) is 2.95. The first-order chi connectivity index (χ1) is 7.90. The molecule has 0 aromatic rings. The summed E-state index contributed by atoms with van der Waals surface area (Å²) in [5.41, 5.74) is 8.57. The van der Waals surface area contributed by atoms with Gasteiger partial charge in [0, 0.05) is 16.9 Å². The van der Waals surface area contributed by atoms with Gasteiger partial charge in [-0.3, -0.25) is 0 Å². The van der Waals surface area contributed by atoms with Gasteiger partial charge in [0.2, 0.25) is 0 Å². The zero-order valence-corrected chi connectivity index (χ0v) is 9.11. The third-order valence-electron chi connectivity index (χ3n) is 3.05. The van der Waals surface area contributed by atoms with Crippen LogP contribution < -0.4 is 0 Å². The van der Waals surface area contributed by atoms with Crippen molar-refractivity contribution in [2.45, 2.75) is 18.9 Å². The number of hydrogen-bond acceptors (Lipinski definition) is 1. The molecule has 0 amide bonds. The van der Waals surface area contributed by atoms with Gasteiger partial charge in [-0.2, -0.15) is 0 Å². The van der Waals surface area contributed by atoms with Gasteiger partial charge < -0.3 is 0 Å². The molecular formula is C13H15N3. The smallest absolute Gasteiger partial charge is 0.0471 e. The van der Waals surface area contributed by atoms with Crippen LogP contribution in [0.2, 0.25) is 0 Å². The van der Waals surface area contributed by atoms with Crippen LogP contribution in [-0.2, 0) is 0 Å². The van der Waals surface area contributed by atoms with Gasteiger partial charge in [0.1, 0.15) is 0 Å². The number of allylic oxidation sites excluding steroid dienone is 6. The van der Waals surface area contributed by atoms with E-state index >= 15 is 0 Å². The molecule has 3 heteroatoms. The van der Waals surface area contributed by atoms with E-state index in [1.807, 2.05) is 12.2 Å². The molecule has 0 unspecified atom stereocenters. The topological polar surface area (TPSA) is 48.8 Å². The maximum Gasteiger partial charge on any atom is 0.0471 e. The Balaban J connectivity index is 1.89. The molecule has 16 heavy (non-hydrogen) atoms. The largest absolute Gasteiger partial charge is 0.0897 e. The number of rotatable bonds is 5. The summed E-state index contributed by atoms with van der Waals surface area (Å²) in [5.74, 6) is 0.802. The van der Waals surface area contributed by atoms with Crippen molar-refractivity contribution in [3.63, 3.8) is 0 Å². The predicted molar refractivity (Wildman–Crippen MR) is 65.7 cm³/mol. The van der Waals surface area contributed by atoms with Crippen molar-refractivity contribution in [3.8, 4) is 0 Å². The first-order valence-corrected chi connectivity index (χ1v) is 5.64. The molecule has 2 aliphatic carbocycles. The quantitative estimate of drug-likeness (QED) is 0.377. The van der Waals surface area contributed by atoms with Crippen LogP contribution in [0.5, 0.6) is 0 Å². The molecule has 0 bridgehead atoms. The SMILES string of the molecule is [N-]=[N+]=N[C@@H](CCC1C=CC=C1)C1C=CC=C1. The molecule has 0 radical (unpaired) electrons. The van der Waals surface area contributed by atoms with Crippen LogP contribution in [0.3, 0.4) is 0 Å². The molecule has 0 saturated heterocycles. The lowest BCUT2D eigenvalue weighted by Gasteiger charge is -2.16. The van der Waals surface area contributed by atoms with Gasteiger partial charge in [-0.1, -0.05) is 53.7 Å². The summed E-state index contributed by atoms with van der Waals surface area (Å²) in [6.07, 6.45) is 18.7. The molecule has 2 aliphatic rings. The van der Waals surface area contributed by atoms with Gasteiger partial charge in [-0.15, -0.1) is 0 Å². The van der Waals surface area contributed by atoms with Crippen LogP contribution in [0.4, 0.5) is 0 Å². The highest BCUT2D eigenvalue weighted by Gasteiger charge is 2.18. The summed E-state index contributed by atoms with van der Waals surface area (Å²) in [6.45, 7) is 0. The second-order valence-corrected chi connectivity index (χ2v) is 4.13. The van der Waals surface area contributed by atoms with Gasteiger partial charge in [0.05, 0.1) is 0 Å². The van der Waals surface area contributed by atoms with Crippen LogP contribution in [0.15, 0.2) is 53.7 Å². The molecule has 0 heterocycles. The number of hydrogen-bond donors (Lipinski definition) is 0. The summed E-state index contributed by atoms with van der Waals surface area (Å²) in [5, 5.41) is 3.90. The van der Waals surface area contributed by atoms with Crippen LogP contribution in [0.1, 0.15) is 12.8 Å². The lowest BCUT2D eigenvalue weighted by atomic mass is 9.94. The van der Waals surface area contributed by atoms with E-state index in [0.29, 0.717) is 5.92 Å². The van der Waals surface area contributed by atoms with E-state index < -0.39 is 0 Å². The standard InChI is InChI=1S/C13H15N3/c14-16-15-13(12-7-3-4-8-12)10-9-11-5-1-2-6-11/h1-8,11-13H,9-10H2/t13-/m0/s1. The Hall–Kier alpha value is -1.73. The van der Waals surface area contributed by atoms with Gasteiger partial charge in [0.15, 0.2) is 0 Å². The summed E-state index contributed by atoms with van der Waals surface area (Å²) in [7, 11) is 0. The fourth-order valence-corrected chi connectivity index (χ4v) is 2.13. The Morgan fingerprint density at radius 1 is 1.06 bits per heavy atom. The van der Waals surface area contributed by atoms with Crippen LogP contribution in [-0.4, -0.2) is 6.04 Å². The molecule has 0 saturated carbocycles. The monoisotopic (exact) mass is 213 g/mol. The fraction of sp³-hybridized carbons (Fsp3) is 0.385. The average molecular weight is 213 g/mol. The Kier molecular flexibility index (Phi) is 3.62. The van der Waals surface area contributed by atoms with E-state index in [4.69, 9.17) is 5.53 Å². The average Bonchev–Trinajstić information content (AvgIpc) is 2.96. The molecule has 0 fully saturated rings. The van der Waals surface area contributed by atoms with E-state index in [2.05, 4.69) is 46.5 Å². The minimum atomic E-state index is 0.0578.